The van der Waals surface area contributed by atoms with Crippen LogP contribution in [0.1, 0.15) is 40.0 Å². The molecule has 8 nitrogen and oxygen atoms in total. The van der Waals surface area contributed by atoms with Gasteiger partial charge in [0.25, 0.3) is 0 Å². The molecule has 0 spiro atoms. The highest BCUT2D eigenvalue weighted by Gasteiger charge is 2.47. The number of fused-ring (bicyclic) bond motifs is 1. The number of hydrogen-bond donors (Lipinski definition) is 4. The Kier molecular flexibility index (Phi) is 7.14. The summed E-state index contributed by atoms with van der Waals surface area (Å²) in [7, 11) is 0. The SMILES string of the molecule is C/C1=C/CC/C(C)=C/[C@@H]2OC(=O)[C@H](C)[C@@H]2C[C@@H]1O[C@@H]1O[C@H](CO)[C@@H](O)[C@H](O)[C@@H]1O. The van der Waals surface area contributed by atoms with Crippen LogP contribution in [-0.4, -0.2) is 75.9 Å². The summed E-state index contributed by atoms with van der Waals surface area (Å²) in [5, 5.41) is 39.7. The smallest absolute Gasteiger partial charge is 0.309 e. The van der Waals surface area contributed by atoms with Crippen LogP contribution in [0.3, 0.4) is 0 Å². The highest BCUT2D eigenvalue weighted by atomic mass is 16.7. The van der Waals surface area contributed by atoms with Crippen LogP contribution < -0.4 is 0 Å². The molecule has 2 heterocycles. The Hall–Kier alpha value is -1.29. The maximum absolute atomic E-state index is 12.2. The zero-order valence-electron chi connectivity index (χ0n) is 17.1. The van der Waals surface area contributed by atoms with Gasteiger partial charge < -0.3 is 34.6 Å². The third-order valence-corrected chi connectivity index (χ3v) is 6.28. The van der Waals surface area contributed by atoms with Gasteiger partial charge in [0.2, 0.25) is 0 Å². The molecule has 29 heavy (non-hydrogen) atoms. The van der Waals surface area contributed by atoms with Gasteiger partial charge in [0.05, 0.1) is 18.6 Å². The van der Waals surface area contributed by atoms with E-state index in [2.05, 4.69) is 6.08 Å². The van der Waals surface area contributed by atoms with Gasteiger partial charge in [0, 0.05) is 5.92 Å². The topological polar surface area (TPSA) is 126 Å². The molecule has 2 aliphatic heterocycles. The average Bonchev–Trinajstić information content (AvgIpc) is 2.94. The number of rotatable bonds is 3. The predicted octanol–water partition coefficient (Wildman–Crippen LogP) is 0.426. The van der Waals surface area contributed by atoms with Crippen molar-refractivity contribution < 1.29 is 39.4 Å². The summed E-state index contributed by atoms with van der Waals surface area (Å²) in [4.78, 5) is 12.2. The maximum Gasteiger partial charge on any atom is 0.309 e. The second-order valence-corrected chi connectivity index (χ2v) is 8.41. The van der Waals surface area contributed by atoms with Gasteiger partial charge in [-0.3, -0.25) is 4.79 Å². The number of esters is 1. The monoisotopic (exact) mass is 412 g/mol. The molecule has 9 atom stereocenters. The molecule has 2 saturated heterocycles. The number of aliphatic hydroxyl groups excluding tert-OH is 4. The molecule has 0 radical (unpaired) electrons. The van der Waals surface area contributed by atoms with Gasteiger partial charge in [-0.15, -0.1) is 0 Å². The molecule has 0 aromatic carbocycles. The van der Waals surface area contributed by atoms with Gasteiger partial charge >= 0.3 is 5.97 Å². The lowest BCUT2D eigenvalue weighted by molar-refractivity contribution is -0.309. The van der Waals surface area contributed by atoms with Crippen molar-refractivity contribution in [3.63, 3.8) is 0 Å². The van der Waals surface area contributed by atoms with Crippen molar-refractivity contribution in [2.75, 3.05) is 6.61 Å². The van der Waals surface area contributed by atoms with Crippen molar-refractivity contribution in [3.8, 4) is 0 Å². The van der Waals surface area contributed by atoms with Crippen molar-refractivity contribution in [3.05, 3.63) is 23.3 Å². The van der Waals surface area contributed by atoms with Gasteiger partial charge in [0.1, 0.15) is 30.5 Å². The maximum atomic E-state index is 12.2. The Morgan fingerprint density at radius 2 is 1.90 bits per heavy atom. The Morgan fingerprint density at radius 3 is 2.59 bits per heavy atom. The van der Waals surface area contributed by atoms with Crippen LogP contribution in [0.5, 0.6) is 0 Å². The van der Waals surface area contributed by atoms with Crippen LogP contribution in [0.2, 0.25) is 0 Å². The summed E-state index contributed by atoms with van der Waals surface area (Å²) < 4.78 is 17.1. The Balaban J connectivity index is 1.82. The number of carbonyl (C=O) groups excluding carboxylic acids is 1. The number of allylic oxidation sites excluding steroid dienone is 2. The van der Waals surface area contributed by atoms with Gasteiger partial charge in [-0.2, -0.15) is 0 Å². The molecule has 0 aromatic heterocycles. The van der Waals surface area contributed by atoms with E-state index in [4.69, 9.17) is 14.2 Å². The second kappa shape index (κ2) is 9.24. The van der Waals surface area contributed by atoms with Crippen molar-refractivity contribution in [2.45, 2.75) is 82.9 Å². The minimum absolute atomic E-state index is 0.103. The molecule has 8 heteroatoms. The molecule has 4 N–H and O–H groups in total. The lowest BCUT2D eigenvalue weighted by Gasteiger charge is -2.41. The first-order chi connectivity index (χ1) is 13.7. The van der Waals surface area contributed by atoms with E-state index >= 15 is 0 Å². The minimum atomic E-state index is -1.50. The van der Waals surface area contributed by atoms with E-state index in [0.717, 1.165) is 18.4 Å². The van der Waals surface area contributed by atoms with E-state index in [0.29, 0.717) is 6.42 Å². The number of ether oxygens (including phenoxy) is 3. The molecule has 2 fully saturated rings. The van der Waals surface area contributed by atoms with E-state index in [9.17, 15) is 25.2 Å². The summed E-state index contributed by atoms with van der Waals surface area (Å²) >= 11 is 0. The van der Waals surface area contributed by atoms with E-state index < -0.39 is 43.4 Å². The van der Waals surface area contributed by atoms with Crippen LogP contribution in [0, 0.1) is 11.8 Å². The molecule has 0 aromatic rings. The van der Waals surface area contributed by atoms with Gasteiger partial charge in [-0.25, -0.2) is 0 Å². The van der Waals surface area contributed by atoms with E-state index in [1.54, 1.807) is 0 Å². The third-order valence-electron chi connectivity index (χ3n) is 6.28. The Labute approximate surface area is 170 Å². The first-order valence-corrected chi connectivity index (χ1v) is 10.2. The van der Waals surface area contributed by atoms with Crippen molar-refractivity contribution >= 4 is 5.97 Å². The summed E-state index contributed by atoms with van der Waals surface area (Å²) in [6.45, 7) is 5.28. The van der Waals surface area contributed by atoms with E-state index in [-0.39, 0.29) is 23.9 Å². The molecule has 0 saturated carbocycles. The molecule has 3 rings (SSSR count). The first kappa shape index (κ1) is 22.4. The predicted molar refractivity (Wildman–Crippen MR) is 103 cm³/mol. The molecule has 1 aliphatic carbocycles. The average molecular weight is 412 g/mol. The fourth-order valence-corrected chi connectivity index (χ4v) is 4.24. The van der Waals surface area contributed by atoms with E-state index in [1.165, 1.54) is 5.57 Å². The van der Waals surface area contributed by atoms with Crippen LogP contribution in [0.4, 0.5) is 0 Å². The number of carbonyl (C=O) groups is 1. The van der Waals surface area contributed by atoms with Crippen molar-refractivity contribution in [1.82, 2.24) is 0 Å². The van der Waals surface area contributed by atoms with Crippen LogP contribution in [0.25, 0.3) is 0 Å². The van der Waals surface area contributed by atoms with Crippen LogP contribution >= 0.6 is 0 Å². The van der Waals surface area contributed by atoms with Gasteiger partial charge in [0.15, 0.2) is 6.29 Å². The molecule has 0 bridgehead atoms. The Morgan fingerprint density at radius 1 is 1.17 bits per heavy atom. The lowest BCUT2D eigenvalue weighted by Crippen LogP contribution is -2.59. The first-order valence-electron chi connectivity index (χ1n) is 10.2. The fraction of sp³-hybridized carbons (Fsp3) is 0.762. The minimum Gasteiger partial charge on any atom is -0.458 e. The molecule has 0 amide bonds. The second-order valence-electron chi connectivity index (χ2n) is 8.41. The number of aliphatic hydroxyl groups is 4. The lowest BCUT2D eigenvalue weighted by atomic mass is 9.83. The zero-order chi connectivity index (χ0) is 21.3. The highest BCUT2D eigenvalue weighted by molar-refractivity contribution is 5.75. The molecule has 164 valence electrons. The van der Waals surface area contributed by atoms with Crippen molar-refractivity contribution in [1.29, 1.82) is 0 Å². The fourth-order valence-electron chi connectivity index (χ4n) is 4.24. The quantitative estimate of drug-likeness (QED) is 0.388. The molecule has 0 unspecified atom stereocenters. The Bertz CT molecular complexity index is 657. The van der Waals surface area contributed by atoms with Crippen molar-refractivity contribution in [2.24, 2.45) is 11.8 Å². The van der Waals surface area contributed by atoms with Gasteiger partial charge in [-0.05, 0) is 44.8 Å². The molecular weight excluding hydrogens is 380 g/mol. The summed E-state index contributed by atoms with van der Waals surface area (Å²) in [6.07, 6.45) is -1.29. The third kappa shape index (κ3) is 4.73. The summed E-state index contributed by atoms with van der Waals surface area (Å²) in [5.74, 6) is -0.637. The molecule has 3 aliphatic rings. The van der Waals surface area contributed by atoms with Gasteiger partial charge in [-0.1, -0.05) is 18.6 Å². The van der Waals surface area contributed by atoms with Crippen LogP contribution in [0.15, 0.2) is 23.3 Å². The zero-order valence-corrected chi connectivity index (χ0v) is 17.1. The number of hydrogen-bond acceptors (Lipinski definition) is 8. The van der Waals surface area contributed by atoms with Crippen LogP contribution in [-0.2, 0) is 19.0 Å². The molecular formula is C21H32O8. The largest absolute Gasteiger partial charge is 0.458 e. The highest BCUT2D eigenvalue weighted by Crippen LogP contribution is 2.37. The summed E-state index contributed by atoms with van der Waals surface area (Å²) in [5.41, 5.74) is 2.10. The van der Waals surface area contributed by atoms with E-state index in [1.807, 2.05) is 26.8 Å². The summed E-state index contributed by atoms with van der Waals surface area (Å²) in [6, 6.07) is 0. The normalized spacial score (nSPS) is 47.4. The standard InChI is InChI=1S/C21H32O8/c1-10-5-4-6-11(2)14(8-13-12(3)20(26)27-15(13)7-10)28-21-19(25)18(24)17(23)16(9-22)29-21/h6-7,12-19,21-25H,4-5,8-9H2,1-3H3/b10-7+,11-6-/t12-,13+,14+,15+,16-,17-,18+,19+,21-/m1/s1.